The number of hydrogen-bond acceptors (Lipinski definition) is 2. The summed E-state index contributed by atoms with van der Waals surface area (Å²) >= 11 is 6.00. The SMILES string of the molecule is CNCCCC(=O)NCC(C)(C)Cc1cccc(Cl)c1.Cl. The van der Waals surface area contributed by atoms with Crippen molar-refractivity contribution in [3.63, 3.8) is 0 Å². The fourth-order valence-corrected chi connectivity index (χ4v) is 2.33. The van der Waals surface area contributed by atoms with Crippen molar-refractivity contribution in [2.75, 3.05) is 20.1 Å². The number of halogens is 2. The number of hydrogen-bond donors (Lipinski definition) is 2. The first-order chi connectivity index (χ1) is 9.43. The van der Waals surface area contributed by atoms with Gasteiger partial charge in [-0.3, -0.25) is 4.79 Å². The van der Waals surface area contributed by atoms with Crippen molar-refractivity contribution in [3.05, 3.63) is 34.9 Å². The Bertz CT molecular complexity index is 436. The predicted octanol–water partition coefficient (Wildman–Crippen LogP) is 3.45. The summed E-state index contributed by atoms with van der Waals surface area (Å²) in [6, 6.07) is 7.89. The third-order valence-corrected chi connectivity index (χ3v) is 3.40. The Morgan fingerprint density at radius 1 is 1.33 bits per heavy atom. The summed E-state index contributed by atoms with van der Waals surface area (Å²) in [6.45, 7) is 5.86. The number of nitrogens with one attached hydrogen (secondary N) is 2. The zero-order valence-electron chi connectivity index (χ0n) is 13.0. The molecule has 0 spiro atoms. The van der Waals surface area contributed by atoms with Crippen molar-refractivity contribution in [2.45, 2.75) is 33.1 Å². The number of carbonyl (C=O) groups is 1. The number of rotatable bonds is 8. The van der Waals surface area contributed by atoms with Crippen LogP contribution >= 0.6 is 24.0 Å². The van der Waals surface area contributed by atoms with Crippen LogP contribution in [0.2, 0.25) is 5.02 Å². The van der Waals surface area contributed by atoms with Crippen molar-refractivity contribution in [1.82, 2.24) is 10.6 Å². The topological polar surface area (TPSA) is 41.1 Å². The van der Waals surface area contributed by atoms with E-state index in [1.165, 1.54) is 5.56 Å². The van der Waals surface area contributed by atoms with Gasteiger partial charge in [-0.1, -0.05) is 37.6 Å². The second-order valence-electron chi connectivity index (χ2n) is 5.95. The summed E-state index contributed by atoms with van der Waals surface area (Å²) in [5, 5.41) is 6.82. The number of carbonyl (C=O) groups excluding carboxylic acids is 1. The molecule has 1 amide bonds. The van der Waals surface area contributed by atoms with Gasteiger partial charge < -0.3 is 10.6 Å². The normalized spacial score (nSPS) is 10.9. The van der Waals surface area contributed by atoms with Crippen LogP contribution in [0.25, 0.3) is 0 Å². The minimum absolute atomic E-state index is 0. The summed E-state index contributed by atoms with van der Waals surface area (Å²) in [5.74, 6) is 0.124. The van der Waals surface area contributed by atoms with Gasteiger partial charge in [-0.25, -0.2) is 0 Å². The Morgan fingerprint density at radius 2 is 2.05 bits per heavy atom. The first-order valence-electron chi connectivity index (χ1n) is 7.09. The summed E-state index contributed by atoms with van der Waals surface area (Å²) < 4.78 is 0. The maximum atomic E-state index is 11.7. The lowest BCUT2D eigenvalue weighted by Gasteiger charge is -2.25. The van der Waals surface area contributed by atoms with E-state index in [4.69, 9.17) is 11.6 Å². The lowest BCUT2D eigenvalue weighted by atomic mass is 9.85. The van der Waals surface area contributed by atoms with Crippen LogP contribution in [0.5, 0.6) is 0 Å². The van der Waals surface area contributed by atoms with E-state index in [1.807, 2.05) is 25.2 Å². The molecule has 0 unspecified atom stereocenters. The fourth-order valence-electron chi connectivity index (χ4n) is 2.11. The van der Waals surface area contributed by atoms with Gasteiger partial charge in [0.25, 0.3) is 0 Å². The molecule has 5 heteroatoms. The van der Waals surface area contributed by atoms with Crippen LogP contribution in [0.15, 0.2) is 24.3 Å². The molecule has 0 fully saturated rings. The van der Waals surface area contributed by atoms with Crippen molar-refractivity contribution in [1.29, 1.82) is 0 Å². The van der Waals surface area contributed by atoms with Crippen molar-refractivity contribution < 1.29 is 4.79 Å². The highest BCUT2D eigenvalue weighted by molar-refractivity contribution is 6.30. The minimum Gasteiger partial charge on any atom is -0.356 e. The molecule has 2 N–H and O–H groups in total. The van der Waals surface area contributed by atoms with E-state index in [9.17, 15) is 4.79 Å². The molecule has 0 heterocycles. The van der Waals surface area contributed by atoms with Crippen molar-refractivity contribution >= 4 is 29.9 Å². The molecule has 0 aliphatic rings. The molecule has 0 atom stereocenters. The van der Waals surface area contributed by atoms with Gasteiger partial charge in [-0.15, -0.1) is 12.4 Å². The first-order valence-corrected chi connectivity index (χ1v) is 7.46. The maximum Gasteiger partial charge on any atom is 0.220 e. The second-order valence-corrected chi connectivity index (χ2v) is 6.39. The van der Waals surface area contributed by atoms with Crippen molar-refractivity contribution in [2.24, 2.45) is 5.41 Å². The largest absolute Gasteiger partial charge is 0.356 e. The molecule has 0 aliphatic heterocycles. The minimum atomic E-state index is 0. The van der Waals surface area contributed by atoms with Gasteiger partial charge in [-0.05, 0) is 49.5 Å². The van der Waals surface area contributed by atoms with Gasteiger partial charge in [0.2, 0.25) is 5.91 Å². The smallest absolute Gasteiger partial charge is 0.220 e. The Labute approximate surface area is 139 Å². The zero-order valence-corrected chi connectivity index (χ0v) is 14.6. The molecule has 120 valence electrons. The van der Waals surface area contributed by atoms with Crippen LogP contribution in [0.3, 0.4) is 0 Å². The van der Waals surface area contributed by atoms with Crippen LogP contribution < -0.4 is 10.6 Å². The van der Waals surface area contributed by atoms with E-state index in [-0.39, 0.29) is 23.7 Å². The molecule has 21 heavy (non-hydrogen) atoms. The van der Waals surface area contributed by atoms with E-state index in [1.54, 1.807) is 0 Å². The molecular formula is C16H26Cl2N2O. The van der Waals surface area contributed by atoms with Gasteiger partial charge in [0.15, 0.2) is 0 Å². The molecule has 0 bridgehead atoms. The Balaban J connectivity index is 0.00000400. The van der Waals surface area contributed by atoms with Crippen molar-refractivity contribution in [3.8, 4) is 0 Å². The predicted molar refractivity (Wildman–Crippen MR) is 92.4 cm³/mol. The Kier molecular flexibility index (Phi) is 9.67. The molecular weight excluding hydrogens is 307 g/mol. The maximum absolute atomic E-state index is 11.7. The Morgan fingerprint density at radius 3 is 2.67 bits per heavy atom. The van der Waals surface area contributed by atoms with Gasteiger partial charge in [0.05, 0.1) is 0 Å². The third kappa shape index (κ3) is 8.97. The molecule has 0 saturated heterocycles. The summed E-state index contributed by atoms with van der Waals surface area (Å²) in [4.78, 5) is 11.7. The highest BCUT2D eigenvalue weighted by Gasteiger charge is 2.19. The summed E-state index contributed by atoms with van der Waals surface area (Å²) in [7, 11) is 1.89. The standard InChI is InChI=1S/C16H25ClN2O.ClH/c1-16(2,11-13-6-4-7-14(17)10-13)12-19-15(20)8-5-9-18-3;/h4,6-7,10,18H,5,8-9,11-12H2,1-3H3,(H,19,20);1H. The summed E-state index contributed by atoms with van der Waals surface area (Å²) in [6.07, 6.45) is 2.34. The van der Waals surface area contributed by atoms with E-state index in [0.717, 1.165) is 24.4 Å². The van der Waals surface area contributed by atoms with Crippen LogP contribution in [0.4, 0.5) is 0 Å². The van der Waals surface area contributed by atoms with Crippen LogP contribution in [-0.2, 0) is 11.2 Å². The van der Waals surface area contributed by atoms with Gasteiger partial charge in [-0.2, -0.15) is 0 Å². The van der Waals surface area contributed by atoms with Crippen LogP contribution in [0.1, 0.15) is 32.3 Å². The second kappa shape index (κ2) is 10.0. The average molecular weight is 333 g/mol. The van der Waals surface area contributed by atoms with E-state index >= 15 is 0 Å². The van der Waals surface area contributed by atoms with Gasteiger partial charge in [0, 0.05) is 18.0 Å². The van der Waals surface area contributed by atoms with Crippen LogP contribution in [0, 0.1) is 5.41 Å². The van der Waals surface area contributed by atoms with Gasteiger partial charge in [0.1, 0.15) is 0 Å². The lowest BCUT2D eigenvalue weighted by molar-refractivity contribution is -0.121. The van der Waals surface area contributed by atoms with Crippen LogP contribution in [-0.4, -0.2) is 26.0 Å². The Hall–Kier alpha value is -0.770. The monoisotopic (exact) mass is 332 g/mol. The molecule has 3 nitrogen and oxygen atoms in total. The van der Waals surface area contributed by atoms with E-state index in [2.05, 4.69) is 30.5 Å². The van der Waals surface area contributed by atoms with E-state index < -0.39 is 0 Å². The molecule has 0 saturated carbocycles. The zero-order chi connectivity index (χ0) is 15.0. The molecule has 0 aliphatic carbocycles. The number of benzene rings is 1. The van der Waals surface area contributed by atoms with E-state index in [0.29, 0.717) is 13.0 Å². The summed E-state index contributed by atoms with van der Waals surface area (Å²) in [5.41, 5.74) is 1.22. The molecule has 1 aromatic rings. The highest BCUT2D eigenvalue weighted by atomic mass is 35.5. The molecule has 1 aromatic carbocycles. The third-order valence-electron chi connectivity index (χ3n) is 3.17. The molecule has 0 radical (unpaired) electrons. The fraction of sp³-hybridized carbons (Fsp3) is 0.562. The molecule has 0 aromatic heterocycles. The average Bonchev–Trinajstić information content (AvgIpc) is 2.36. The first kappa shape index (κ1) is 20.2. The highest BCUT2D eigenvalue weighted by Crippen LogP contribution is 2.22. The quantitative estimate of drug-likeness (QED) is 0.716. The van der Waals surface area contributed by atoms with Gasteiger partial charge >= 0.3 is 0 Å². The number of amides is 1. The lowest BCUT2D eigenvalue weighted by Crippen LogP contribution is -2.35. The molecule has 1 rings (SSSR count).